The molecule has 1 saturated heterocycles. The Balaban J connectivity index is 1.69. The summed E-state index contributed by atoms with van der Waals surface area (Å²) in [6.45, 7) is 8.23. The van der Waals surface area contributed by atoms with Crippen LogP contribution in [0.15, 0.2) is 36.4 Å². The van der Waals surface area contributed by atoms with Gasteiger partial charge in [0.2, 0.25) is 5.91 Å². The van der Waals surface area contributed by atoms with Crippen molar-refractivity contribution in [3.63, 3.8) is 0 Å². The summed E-state index contributed by atoms with van der Waals surface area (Å²) in [6.07, 6.45) is 0. The molecule has 9 heteroatoms. The highest BCUT2D eigenvalue weighted by atomic mass is 35.5. The number of rotatable bonds is 4. The van der Waals surface area contributed by atoms with E-state index in [1.807, 2.05) is 43.9 Å². The Morgan fingerprint density at radius 1 is 1.03 bits per heavy atom. The van der Waals surface area contributed by atoms with E-state index in [4.69, 9.17) is 35.4 Å². The van der Waals surface area contributed by atoms with Crippen LogP contribution in [0.25, 0.3) is 0 Å². The SMILES string of the molecule is Cc1ccc(C(=O)NC(=S)Nc2cccc(Cl)c2N2CCN(C(=O)C(C)C)CC2)cc1Cl. The average molecular weight is 493 g/mol. The molecule has 0 spiro atoms. The Hall–Kier alpha value is -2.35. The van der Waals surface area contributed by atoms with Crippen LogP contribution >= 0.6 is 35.4 Å². The number of nitrogens with one attached hydrogen (secondary N) is 2. The highest BCUT2D eigenvalue weighted by molar-refractivity contribution is 7.80. The first-order valence-electron chi connectivity index (χ1n) is 10.4. The smallest absolute Gasteiger partial charge is 0.257 e. The molecule has 0 aromatic heterocycles. The summed E-state index contributed by atoms with van der Waals surface area (Å²) in [5.41, 5.74) is 2.79. The van der Waals surface area contributed by atoms with Crippen LogP contribution in [0.1, 0.15) is 29.8 Å². The predicted octanol–water partition coefficient (Wildman–Crippen LogP) is 4.73. The quantitative estimate of drug-likeness (QED) is 0.603. The lowest BCUT2D eigenvalue weighted by Crippen LogP contribution is -2.50. The predicted molar refractivity (Wildman–Crippen MR) is 135 cm³/mol. The van der Waals surface area contributed by atoms with E-state index in [0.717, 1.165) is 11.3 Å². The van der Waals surface area contributed by atoms with Gasteiger partial charge in [0.05, 0.1) is 16.4 Å². The van der Waals surface area contributed by atoms with E-state index in [1.165, 1.54) is 0 Å². The maximum atomic E-state index is 12.5. The van der Waals surface area contributed by atoms with Crippen LogP contribution in [0.5, 0.6) is 0 Å². The van der Waals surface area contributed by atoms with Crippen molar-refractivity contribution >= 4 is 63.7 Å². The van der Waals surface area contributed by atoms with Crippen molar-refractivity contribution in [2.45, 2.75) is 20.8 Å². The summed E-state index contributed by atoms with van der Waals surface area (Å²) in [7, 11) is 0. The molecule has 0 unspecified atom stereocenters. The van der Waals surface area contributed by atoms with Gasteiger partial charge in [-0.3, -0.25) is 14.9 Å². The number of thiocarbonyl (C=S) groups is 1. The second-order valence-electron chi connectivity index (χ2n) is 7.98. The molecule has 170 valence electrons. The largest absolute Gasteiger partial charge is 0.365 e. The number of hydrogen-bond acceptors (Lipinski definition) is 4. The topological polar surface area (TPSA) is 64.7 Å². The average Bonchev–Trinajstić information content (AvgIpc) is 2.75. The van der Waals surface area contributed by atoms with E-state index in [0.29, 0.717) is 47.5 Å². The van der Waals surface area contributed by atoms with Crippen LogP contribution in [-0.4, -0.2) is 48.0 Å². The molecule has 2 amide bonds. The normalized spacial score (nSPS) is 13.8. The number of anilines is 2. The van der Waals surface area contributed by atoms with Crippen molar-refractivity contribution in [1.29, 1.82) is 0 Å². The summed E-state index contributed by atoms with van der Waals surface area (Å²) < 4.78 is 0. The highest BCUT2D eigenvalue weighted by Crippen LogP contribution is 2.34. The lowest BCUT2D eigenvalue weighted by atomic mass is 10.1. The van der Waals surface area contributed by atoms with Gasteiger partial charge in [-0.15, -0.1) is 0 Å². The molecule has 1 aliphatic heterocycles. The van der Waals surface area contributed by atoms with E-state index < -0.39 is 0 Å². The second kappa shape index (κ2) is 10.5. The molecule has 32 heavy (non-hydrogen) atoms. The van der Waals surface area contributed by atoms with E-state index >= 15 is 0 Å². The first-order valence-corrected chi connectivity index (χ1v) is 11.5. The number of carbonyl (C=O) groups excluding carboxylic acids is 2. The minimum absolute atomic E-state index is 0.0245. The third kappa shape index (κ3) is 5.71. The van der Waals surface area contributed by atoms with Gasteiger partial charge >= 0.3 is 0 Å². The molecule has 2 aromatic carbocycles. The van der Waals surface area contributed by atoms with Gasteiger partial charge in [0, 0.05) is 42.7 Å². The van der Waals surface area contributed by atoms with Gasteiger partial charge < -0.3 is 15.1 Å². The number of benzene rings is 2. The van der Waals surface area contributed by atoms with Gasteiger partial charge in [-0.25, -0.2) is 0 Å². The summed E-state index contributed by atoms with van der Waals surface area (Å²) in [6, 6.07) is 10.6. The summed E-state index contributed by atoms with van der Waals surface area (Å²) in [5.74, 6) is -0.223. The number of carbonyl (C=O) groups is 2. The van der Waals surface area contributed by atoms with Crippen LogP contribution in [0.2, 0.25) is 10.0 Å². The third-order valence-corrected chi connectivity index (χ3v) is 6.21. The van der Waals surface area contributed by atoms with E-state index in [1.54, 1.807) is 18.2 Å². The van der Waals surface area contributed by atoms with Crippen LogP contribution in [0, 0.1) is 12.8 Å². The first-order chi connectivity index (χ1) is 15.2. The van der Waals surface area contributed by atoms with Gasteiger partial charge in [0.15, 0.2) is 5.11 Å². The molecule has 2 N–H and O–H groups in total. The fourth-order valence-electron chi connectivity index (χ4n) is 3.52. The standard InChI is InChI=1S/C23H26Cl2N4O2S/c1-14(2)22(31)29-11-9-28(10-12-29)20-17(24)5-4-6-19(20)26-23(32)27-21(30)16-8-7-15(3)18(25)13-16/h4-8,13-14H,9-12H2,1-3H3,(H2,26,27,30,32). The van der Waals surface area contributed by atoms with Gasteiger partial charge in [0.1, 0.15) is 0 Å². The van der Waals surface area contributed by atoms with Crippen LogP contribution < -0.4 is 15.5 Å². The number of piperazine rings is 1. The Morgan fingerprint density at radius 2 is 1.72 bits per heavy atom. The second-order valence-corrected chi connectivity index (χ2v) is 9.20. The van der Waals surface area contributed by atoms with Crippen molar-refractivity contribution < 1.29 is 9.59 Å². The molecule has 0 atom stereocenters. The number of nitrogens with zero attached hydrogens (tertiary/aromatic N) is 2. The molecule has 0 saturated carbocycles. The van der Waals surface area contributed by atoms with Crippen molar-refractivity contribution in [3.8, 4) is 0 Å². The van der Waals surface area contributed by atoms with E-state index in [2.05, 4.69) is 15.5 Å². The Bertz CT molecular complexity index is 1040. The highest BCUT2D eigenvalue weighted by Gasteiger charge is 2.25. The Morgan fingerprint density at radius 3 is 2.34 bits per heavy atom. The molecule has 1 aliphatic rings. The molecule has 1 heterocycles. The maximum Gasteiger partial charge on any atom is 0.257 e. The summed E-state index contributed by atoms with van der Waals surface area (Å²) in [5, 5.41) is 7.01. The zero-order chi connectivity index (χ0) is 23.4. The molecule has 3 rings (SSSR count). The molecule has 1 fully saturated rings. The van der Waals surface area contributed by atoms with E-state index in [9.17, 15) is 9.59 Å². The molecule has 0 radical (unpaired) electrons. The summed E-state index contributed by atoms with van der Waals surface area (Å²) >= 11 is 18.0. The van der Waals surface area contributed by atoms with Crippen LogP contribution in [0.4, 0.5) is 11.4 Å². The van der Waals surface area contributed by atoms with Crippen molar-refractivity contribution in [3.05, 3.63) is 57.6 Å². The van der Waals surface area contributed by atoms with Crippen molar-refractivity contribution in [1.82, 2.24) is 10.2 Å². The number of hydrogen-bond donors (Lipinski definition) is 2. The summed E-state index contributed by atoms with van der Waals surface area (Å²) in [4.78, 5) is 28.8. The van der Waals surface area contributed by atoms with Gasteiger partial charge in [-0.1, -0.05) is 49.2 Å². The van der Waals surface area contributed by atoms with Crippen molar-refractivity contribution in [2.24, 2.45) is 5.92 Å². The van der Waals surface area contributed by atoms with Crippen LogP contribution in [-0.2, 0) is 4.79 Å². The van der Waals surface area contributed by atoms with Gasteiger partial charge in [-0.2, -0.15) is 0 Å². The van der Waals surface area contributed by atoms with Gasteiger partial charge in [-0.05, 0) is 49.0 Å². The Labute approximate surface area is 203 Å². The zero-order valence-corrected chi connectivity index (χ0v) is 20.6. The first kappa shape index (κ1) is 24.3. The number of para-hydroxylation sites is 1. The fourth-order valence-corrected chi connectivity index (χ4v) is 4.19. The maximum absolute atomic E-state index is 12.5. The lowest BCUT2D eigenvalue weighted by molar-refractivity contribution is -0.134. The fraction of sp³-hybridized carbons (Fsp3) is 0.348. The molecule has 0 bridgehead atoms. The van der Waals surface area contributed by atoms with Gasteiger partial charge in [0.25, 0.3) is 5.91 Å². The molecule has 6 nitrogen and oxygen atoms in total. The lowest BCUT2D eigenvalue weighted by Gasteiger charge is -2.38. The monoisotopic (exact) mass is 492 g/mol. The van der Waals surface area contributed by atoms with Crippen molar-refractivity contribution in [2.75, 3.05) is 36.4 Å². The minimum Gasteiger partial charge on any atom is -0.365 e. The zero-order valence-electron chi connectivity index (χ0n) is 18.2. The number of aryl methyl sites for hydroxylation is 1. The number of halogens is 2. The molecule has 0 aliphatic carbocycles. The number of amides is 2. The Kier molecular flexibility index (Phi) is 7.98. The molecular formula is C23H26Cl2N4O2S. The molecule has 2 aromatic rings. The van der Waals surface area contributed by atoms with Crippen LogP contribution in [0.3, 0.4) is 0 Å². The van der Waals surface area contributed by atoms with E-state index in [-0.39, 0.29) is 22.8 Å². The minimum atomic E-state index is -0.353. The molecular weight excluding hydrogens is 467 g/mol. The third-order valence-electron chi connectivity index (χ3n) is 5.30.